The lowest BCUT2D eigenvalue weighted by Crippen LogP contribution is -1.94. The Labute approximate surface area is 184 Å². The first-order chi connectivity index (χ1) is 13.8. The molecule has 0 spiro atoms. The number of hydrogen-bond acceptors (Lipinski definition) is 4. The van der Waals surface area contributed by atoms with Crippen LogP contribution in [0.5, 0.6) is 0 Å². The maximum atomic E-state index is 8.71. The summed E-state index contributed by atoms with van der Waals surface area (Å²) in [5, 5.41) is 21.6. The molecule has 0 fully saturated rings. The zero-order valence-electron chi connectivity index (χ0n) is 18.4. The Balaban J connectivity index is 3.14. The molecule has 0 aromatic heterocycles. The minimum absolute atomic E-state index is 0.140. The average molecular weight is 425 g/mol. The normalized spacial score (nSPS) is 10.9. The molecule has 0 amide bonds. The fraction of sp³-hybridized carbons (Fsp3) is 0.917. The predicted molar refractivity (Wildman–Crippen MR) is 128 cm³/mol. The Kier molecular flexibility index (Phi) is 24.4. The summed E-state index contributed by atoms with van der Waals surface area (Å²) in [7, 11) is 0. The Morgan fingerprint density at radius 3 is 1.07 bits per heavy atom. The van der Waals surface area contributed by atoms with Crippen LogP contribution in [0.4, 0.5) is 0 Å². The molecule has 0 aromatic rings. The molecule has 0 aromatic carbocycles. The number of rotatable bonds is 22. The van der Waals surface area contributed by atoms with E-state index in [2.05, 4.69) is 17.7 Å². The van der Waals surface area contributed by atoms with Crippen molar-refractivity contribution < 1.29 is 0 Å². The average Bonchev–Trinajstić information content (AvgIpc) is 2.70. The Bertz CT molecular complexity index is 371. The summed E-state index contributed by atoms with van der Waals surface area (Å²) in [6.45, 7) is 2.29. The lowest BCUT2D eigenvalue weighted by molar-refractivity contribution is 0.522. The van der Waals surface area contributed by atoms with Gasteiger partial charge in [0.05, 0.1) is 4.58 Å². The van der Waals surface area contributed by atoms with Crippen LogP contribution < -0.4 is 0 Å². The van der Waals surface area contributed by atoms with E-state index in [-0.39, 0.29) is 4.58 Å². The molecular formula is C24H44N2S2. The fourth-order valence-electron chi connectivity index (χ4n) is 3.65. The van der Waals surface area contributed by atoms with Gasteiger partial charge in [-0.1, -0.05) is 129 Å². The highest BCUT2D eigenvalue weighted by molar-refractivity contribution is 8.21. The summed E-state index contributed by atoms with van der Waals surface area (Å²) in [6, 6.07) is 0. The standard InChI is InChI=1S/C24H44N2S2/c1-2-3-4-5-6-7-8-9-10-11-12-13-14-15-16-17-18-19-20-21-24(27-22-25)28-23-26/h24H,2-21H2,1H3. The molecule has 0 aliphatic heterocycles. The molecule has 4 heteroatoms. The van der Waals surface area contributed by atoms with Gasteiger partial charge in [-0.2, -0.15) is 10.5 Å². The molecule has 162 valence electrons. The highest BCUT2D eigenvalue weighted by Gasteiger charge is 2.09. The molecule has 0 N–H and O–H groups in total. The van der Waals surface area contributed by atoms with Crippen molar-refractivity contribution in [3.63, 3.8) is 0 Å². The Hall–Kier alpha value is -0.320. The molecule has 0 saturated heterocycles. The van der Waals surface area contributed by atoms with Crippen molar-refractivity contribution in [1.82, 2.24) is 0 Å². The number of thioether (sulfide) groups is 2. The number of hydrogen-bond donors (Lipinski definition) is 0. The molecule has 0 bridgehead atoms. The van der Waals surface area contributed by atoms with E-state index in [1.807, 2.05) is 0 Å². The zero-order valence-corrected chi connectivity index (χ0v) is 20.1. The number of unbranched alkanes of at least 4 members (excludes halogenated alkanes) is 18. The second-order valence-electron chi connectivity index (χ2n) is 8.00. The van der Waals surface area contributed by atoms with E-state index >= 15 is 0 Å². The largest absolute Gasteiger partial charge is 0.185 e. The minimum atomic E-state index is 0.140. The van der Waals surface area contributed by atoms with Crippen LogP contribution in [0.3, 0.4) is 0 Å². The van der Waals surface area contributed by atoms with E-state index in [0.717, 1.165) is 12.8 Å². The number of nitriles is 2. The van der Waals surface area contributed by atoms with Gasteiger partial charge in [0.25, 0.3) is 0 Å². The van der Waals surface area contributed by atoms with Gasteiger partial charge in [0.1, 0.15) is 10.8 Å². The molecular weight excluding hydrogens is 380 g/mol. The molecule has 0 aliphatic carbocycles. The number of nitrogens with zero attached hydrogens (tertiary/aromatic N) is 2. The van der Waals surface area contributed by atoms with Crippen LogP contribution in [0.25, 0.3) is 0 Å². The molecule has 0 saturated carbocycles. The van der Waals surface area contributed by atoms with Crippen LogP contribution >= 0.6 is 23.5 Å². The van der Waals surface area contributed by atoms with E-state index in [0.29, 0.717) is 0 Å². The van der Waals surface area contributed by atoms with Gasteiger partial charge in [-0.3, -0.25) is 0 Å². The fourth-order valence-corrected chi connectivity index (χ4v) is 4.90. The molecule has 0 aliphatic rings. The number of thiocyanates is 2. The summed E-state index contributed by atoms with van der Waals surface area (Å²) in [5.41, 5.74) is 0. The van der Waals surface area contributed by atoms with Crippen LogP contribution in [0.15, 0.2) is 0 Å². The maximum absolute atomic E-state index is 8.71. The summed E-state index contributed by atoms with van der Waals surface area (Å²) < 4.78 is 0.140. The van der Waals surface area contributed by atoms with Gasteiger partial charge in [-0.15, -0.1) is 0 Å². The Morgan fingerprint density at radius 2 is 0.786 bits per heavy atom. The lowest BCUT2D eigenvalue weighted by Gasteiger charge is -2.07. The third-order valence-electron chi connectivity index (χ3n) is 5.41. The van der Waals surface area contributed by atoms with E-state index in [9.17, 15) is 0 Å². The maximum Gasteiger partial charge on any atom is 0.134 e. The molecule has 0 heterocycles. The first-order valence-corrected chi connectivity index (χ1v) is 13.7. The lowest BCUT2D eigenvalue weighted by atomic mass is 10.0. The molecule has 0 radical (unpaired) electrons. The van der Waals surface area contributed by atoms with Crippen molar-refractivity contribution in [2.24, 2.45) is 0 Å². The monoisotopic (exact) mass is 424 g/mol. The van der Waals surface area contributed by atoms with E-state index < -0.39 is 0 Å². The second-order valence-corrected chi connectivity index (χ2v) is 10.3. The summed E-state index contributed by atoms with van der Waals surface area (Å²) in [4.78, 5) is 0. The summed E-state index contributed by atoms with van der Waals surface area (Å²) in [5.74, 6) is 0. The molecule has 0 unspecified atom stereocenters. The van der Waals surface area contributed by atoms with Gasteiger partial charge in [-0.05, 0) is 29.9 Å². The van der Waals surface area contributed by atoms with Crippen LogP contribution in [-0.2, 0) is 0 Å². The van der Waals surface area contributed by atoms with E-state index in [1.54, 1.807) is 0 Å². The Morgan fingerprint density at radius 1 is 0.500 bits per heavy atom. The van der Waals surface area contributed by atoms with Crippen LogP contribution in [0.1, 0.15) is 135 Å². The van der Waals surface area contributed by atoms with Gasteiger partial charge < -0.3 is 0 Å². The van der Waals surface area contributed by atoms with Gasteiger partial charge in [0.15, 0.2) is 0 Å². The van der Waals surface area contributed by atoms with Crippen molar-refractivity contribution >= 4 is 23.5 Å². The van der Waals surface area contributed by atoms with Crippen molar-refractivity contribution in [2.45, 2.75) is 140 Å². The first kappa shape index (κ1) is 27.7. The predicted octanol–water partition coefficient (Wildman–Crippen LogP) is 9.56. The smallest absolute Gasteiger partial charge is 0.134 e. The third-order valence-corrected chi connectivity index (χ3v) is 7.20. The molecule has 0 atom stereocenters. The van der Waals surface area contributed by atoms with Crippen molar-refractivity contribution in [3.8, 4) is 10.8 Å². The van der Waals surface area contributed by atoms with Gasteiger partial charge >= 0.3 is 0 Å². The topological polar surface area (TPSA) is 47.6 Å². The molecule has 28 heavy (non-hydrogen) atoms. The molecule has 0 rings (SSSR count). The van der Waals surface area contributed by atoms with Gasteiger partial charge in [0, 0.05) is 0 Å². The highest BCUT2D eigenvalue weighted by atomic mass is 32.2. The van der Waals surface area contributed by atoms with Crippen molar-refractivity contribution in [3.05, 3.63) is 0 Å². The van der Waals surface area contributed by atoms with Crippen LogP contribution in [0, 0.1) is 21.3 Å². The van der Waals surface area contributed by atoms with E-state index in [1.165, 1.54) is 139 Å². The summed E-state index contributed by atoms with van der Waals surface area (Å²) >= 11 is 2.47. The summed E-state index contributed by atoms with van der Waals surface area (Å²) in [6.07, 6.45) is 27.5. The minimum Gasteiger partial charge on any atom is -0.185 e. The van der Waals surface area contributed by atoms with Gasteiger partial charge in [0.2, 0.25) is 0 Å². The zero-order chi connectivity index (χ0) is 20.5. The third kappa shape index (κ3) is 22.0. The van der Waals surface area contributed by atoms with E-state index in [4.69, 9.17) is 10.5 Å². The van der Waals surface area contributed by atoms with Crippen molar-refractivity contribution in [1.29, 1.82) is 10.5 Å². The van der Waals surface area contributed by atoms with Gasteiger partial charge in [-0.25, -0.2) is 0 Å². The van der Waals surface area contributed by atoms with Crippen LogP contribution in [-0.4, -0.2) is 4.58 Å². The quantitative estimate of drug-likeness (QED) is 0.0985. The second kappa shape index (κ2) is 24.7. The van der Waals surface area contributed by atoms with Crippen molar-refractivity contribution in [2.75, 3.05) is 0 Å². The van der Waals surface area contributed by atoms with Crippen LogP contribution in [0.2, 0.25) is 0 Å². The SMILES string of the molecule is CCCCCCCCCCCCCCCCCCCCCC(SC#N)SC#N. The first-order valence-electron chi connectivity index (χ1n) is 11.9. The highest BCUT2D eigenvalue weighted by Crippen LogP contribution is 2.27. The molecule has 2 nitrogen and oxygen atoms in total.